The zero-order valence-electron chi connectivity index (χ0n) is 16.7. The molecule has 0 unspecified atom stereocenters. The maximum absolute atomic E-state index is 12.5. The van der Waals surface area contributed by atoms with Crippen LogP contribution in [0, 0.1) is 10.1 Å². The van der Waals surface area contributed by atoms with Gasteiger partial charge in [-0.2, -0.15) is 0 Å². The number of nitrogens with zero attached hydrogens (tertiary/aromatic N) is 2. The van der Waals surface area contributed by atoms with Gasteiger partial charge in [-0.25, -0.2) is 4.79 Å². The molecule has 3 aromatic carbocycles. The van der Waals surface area contributed by atoms with E-state index in [1.54, 1.807) is 12.1 Å². The minimum Gasteiger partial charge on any atom is -0.454 e. The van der Waals surface area contributed by atoms with Crippen LogP contribution in [0.1, 0.15) is 20.7 Å². The number of nitro groups is 1. The number of benzene rings is 3. The Balaban J connectivity index is 1.46. The van der Waals surface area contributed by atoms with Gasteiger partial charge < -0.3 is 14.4 Å². The van der Waals surface area contributed by atoms with Gasteiger partial charge in [-0.05, 0) is 29.0 Å². The summed E-state index contributed by atoms with van der Waals surface area (Å²) in [6, 6.07) is 17.1. The van der Waals surface area contributed by atoms with E-state index in [-0.39, 0.29) is 17.0 Å². The third kappa shape index (κ3) is 4.54. The summed E-state index contributed by atoms with van der Waals surface area (Å²) >= 11 is 0. The van der Waals surface area contributed by atoms with Gasteiger partial charge >= 0.3 is 5.97 Å². The van der Waals surface area contributed by atoms with E-state index in [2.05, 4.69) is 0 Å². The quantitative estimate of drug-likeness (QED) is 0.260. The molecule has 0 bridgehead atoms. The van der Waals surface area contributed by atoms with Crippen LogP contribution >= 0.6 is 0 Å². The van der Waals surface area contributed by atoms with Crippen LogP contribution in [0.5, 0.6) is 0 Å². The van der Waals surface area contributed by atoms with Crippen molar-refractivity contribution in [2.75, 3.05) is 37.8 Å². The van der Waals surface area contributed by atoms with Gasteiger partial charge in [0.25, 0.3) is 5.69 Å². The number of Topliss-reactive ketones (excluding diaryl/α,β-unsaturated/α-hetero) is 1. The minimum absolute atomic E-state index is 0.0232. The highest BCUT2D eigenvalue weighted by atomic mass is 16.6. The lowest BCUT2D eigenvalue weighted by Gasteiger charge is -2.28. The van der Waals surface area contributed by atoms with Crippen molar-refractivity contribution >= 4 is 33.9 Å². The van der Waals surface area contributed by atoms with Gasteiger partial charge in [-0.15, -0.1) is 0 Å². The molecule has 1 aliphatic rings. The summed E-state index contributed by atoms with van der Waals surface area (Å²) in [4.78, 5) is 37.7. The van der Waals surface area contributed by atoms with E-state index in [4.69, 9.17) is 9.47 Å². The fraction of sp³-hybridized carbons (Fsp3) is 0.217. The lowest BCUT2D eigenvalue weighted by Crippen LogP contribution is -2.36. The molecule has 0 aromatic heterocycles. The summed E-state index contributed by atoms with van der Waals surface area (Å²) in [6.45, 7) is 1.58. The van der Waals surface area contributed by atoms with Crippen molar-refractivity contribution in [2.24, 2.45) is 0 Å². The van der Waals surface area contributed by atoms with Gasteiger partial charge in [-0.1, -0.05) is 36.4 Å². The van der Waals surface area contributed by atoms with Crippen LogP contribution < -0.4 is 4.90 Å². The van der Waals surface area contributed by atoms with Crippen molar-refractivity contribution in [2.45, 2.75) is 0 Å². The van der Waals surface area contributed by atoms with Crippen molar-refractivity contribution in [1.82, 2.24) is 0 Å². The number of fused-ring (bicyclic) bond motifs is 1. The standard InChI is InChI=1S/C23H20N2O6/c26-22(18-6-5-16-3-1-2-4-17(16)13-18)15-31-23(27)19-7-8-20(21(14-19)25(28)29)24-9-11-30-12-10-24/h1-8,13-14H,9-12,15H2. The predicted octanol–water partition coefficient (Wildman–Crippen LogP) is 3.62. The lowest BCUT2D eigenvalue weighted by molar-refractivity contribution is -0.384. The molecule has 0 spiro atoms. The molecule has 1 saturated heterocycles. The van der Waals surface area contributed by atoms with Crippen molar-refractivity contribution in [3.63, 3.8) is 0 Å². The number of ketones is 1. The number of hydrogen-bond acceptors (Lipinski definition) is 7. The number of rotatable bonds is 6. The van der Waals surface area contributed by atoms with Crippen molar-refractivity contribution in [1.29, 1.82) is 0 Å². The Bertz CT molecular complexity index is 1150. The Morgan fingerprint density at radius 1 is 0.968 bits per heavy atom. The molecule has 3 aromatic rings. The van der Waals surface area contributed by atoms with Gasteiger partial charge in [0.2, 0.25) is 0 Å². The molecule has 1 aliphatic heterocycles. The van der Waals surface area contributed by atoms with E-state index < -0.39 is 17.5 Å². The van der Waals surface area contributed by atoms with Crippen LogP contribution in [0.4, 0.5) is 11.4 Å². The second kappa shape index (κ2) is 8.93. The van der Waals surface area contributed by atoms with E-state index in [1.165, 1.54) is 18.2 Å². The Hall–Kier alpha value is -3.78. The number of nitro benzene ring substituents is 1. The highest BCUT2D eigenvalue weighted by Gasteiger charge is 2.24. The van der Waals surface area contributed by atoms with Crippen molar-refractivity contribution < 1.29 is 24.0 Å². The number of carbonyl (C=O) groups excluding carboxylic acids is 2. The first-order valence-corrected chi connectivity index (χ1v) is 9.83. The van der Waals surface area contributed by atoms with E-state index >= 15 is 0 Å². The largest absolute Gasteiger partial charge is 0.454 e. The molecule has 0 N–H and O–H groups in total. The van der Waals surface area contributed by atoms with Gasteiger partial charge in [0.15, 0.2) is 12.4 Å². The summed E-state index contributed by atoms with van der Waals surface area (Å²) in [7, 11) is 0. The average Bonchev–Trinajstić information content (AvgIpc) is 2.82. The second-order valence-electron chi connectivity index (χ2n) is 7.12. The summed E-state index contributed by atoms with van der Waals surface area (Å²) in [5.74, 6) is -1.13. The first kappa shape index (κ1) is 20.5. The normalized spacial score (nSPS) is 13.7. The number of carbonyl (C=O) groups is 2. The first-order valence-electron chi connectivity index (χ1n) is 9.83. The van der Waals surface area contributed by atoms with Crippen LogP contribution in [0.15, 0.2) is 60.7 Å². The van der Waals surface area contributed by atoms with E-state index in [1.807, 2.05) is 35.2 Å². The highest BCUT2D eigenvalue weighted by Crippen LogP contribution is 2.30. The fourth-order valence-corrected chi connectivity index (χ4v) is 3.53. The highest BCUT2D eigenvalue weighted by molar-refractivity contribution is 6.02. The maximum Gasteiger partial charge on any atom is 0.338 e. The van der Waals surface area contributed by atoms with Crippen LogP contribution in [-0.4, -0.2) is 49.6 Å². The monoisotopic (exact) mass is 420 g/mol. The Kier molecular flexibility index (Phi) is 5.90. The molecule has 8 nitrogen and oxygen atoms in total. The van der Waals surface area contributed by atoms with E-state index in [9.17, 15) is 19.7 Å². The summed E-state index contributed by atoms with van der Waals surface area (Å²) < 4.78 is 10.4. The number of ether oxygens (including phenoxy) is 2. The molecule has 4 rings (SSSR count). The Labute approximate surface area is 178 Å². The van der Waals surface area contributed by atoms with Gasteiger partial charge in [-0.3, -0.25) is 14.9 Å². The maximum atomic E-state index is 12.5. The molecule has 0 atom stereocenters. The molecule has 8 heteroatoms. The predicted molar refractivity (Wildman–Crippen MR) is 115 cm³/mol. The van der Waals surface area contributed by atoms with E-state index in [0.29, 0.717) is 37.6 Å². The van der Waals surface area contributed by atoms with Crippen LogP contribution in [0.3, 0.4) is 0 Å². The number of hydrogen-bond donors (Lipinski definition) is 0. The minimum atomic E-state index is -0.786. The molecule has 0 saturated carbocycles. The topological polar surface area (TPSA) is 99.0 Å². The molecule has 0 amide bonds. The number of morpholine rings is 1. The van der Waals surface area contributed by atoms with Gasteiger partial charge in [0, 0.05) is 24.7 Å². The molecule has 0 radical (unpaired) electrons. The molecular formula is C23H20N2O6. The summed E-state index contributed by atoms with van der Waals surface area (Å²) in [6.07, 6.45) is 0. The third-order valence-corrected chi connectivity index (χ3v) is 5.17. The lowest BCUT2D eigenvalue weighted by atomic mass is 10.0. The summed E-state index contributed by atoms with van der Waals surface area (Å²) in [5.41, 5.74) is 0.699. The molecular weight excluding hydrogens is 400 g/mol. The second-order valence-corrected chi connectivity index (χ2v) is 7.12. The summed E-state index contributed by atoms with van der Waals surface area (Å²) in [5, 5.41) is 13.5. The molecule has 158 valence electrons. The third-order valence-electron chi connectivity index (χ3n) is 5.17. The van der Waals surface area contributed by atoms with E-state index in [0.717, 1.165) is 10.8 Å². The Morgan fingerprint density at radius 2 is 1.68 bits per heavy atom. The van der Waals surface area contributed by atoms with Gasteiger partial charge in [0.1, 0.15) is 5.69 Å². The number of anilines is 1. The van der Waals surface area contributed by atoms with Crippen molar-refractivity contribution in [3.8, 4) is 0 Å². The molecule has 31 heavy (non-hydrogen) atoms. The van der Waals surface area contributed by atoms with Crippen molar-refractivity contribution in [3.05, 3.63) is 81.9 Å². The van der Waals surface area contributed by atoms with Gasteiger partial charge in [0.05, 0.1) is 23.7 Å². The fourth-order valence-electron chi connectivity index (χ4n) is 3.53. The van der Waals surface area contributed by atoms with Crippen LogP contribution in [0.25, 0.3) is 10.8 Å². The van der Waals surface area contributed by atoms with Crippen LogP contribution in [0.2, 0.25) is 0 Å². The van der Waals surface area contributed by atoms with Crippen LogP contribution in [-0.2, 0) is 9.47 Å². The first-order chi connectivity index (χ1) is 15.0. The zero-order chi connectivity index (χ0) is 21.8. The molecule has 0 aliphatic carbocycles. The Morgan fingerprint density at radius 3 is 2.42 bits per heavy atom. The SMILES string of the molecule is O=C(COC(=O)c1ccc(N2CCOCC2)c([N+](=O)[O-])c1)c1ccc2ccccc2c1. The number of esters is 1. The molecule has 1 fully saturated rings. The molecule has 1 heterocycles. The average molecular weight is 420 g/mol. The zero-order valence-corrected chi connectivity index (χ0v) is 16.7. The smallest absolute Gasteiger partial charge is 0.338 e.